The van der Waals surface area contributed by atoms with Gasteiger partial charge >= 0.3 is 5.97 Å². The molecule has 0 unspecified atom stereocenters. The molecule has 1 saturated heterocycles. The molecule has 1 fully saturated rings. The van der Waals surface area contributed by atoms with Gasteiger partial charge in [-0.1, -0.05) is 61.1 Å². The van der Waals surface area contributed by atoms with E-state index in [4.69, 9.17) is 9.62 Å². The SMILES string of the molecule is CC(=O)O[C@@H]1/C=C\[C@](C)(O)C[C@@H](C)C/C=C\[C@H]2[C@H](OO)C(C)=C(C)[C@H]3[C@H](Cc4ccccc4)NC(=O)[C@@]123. The molecule has 0 saturated carbocycles. The molecule has 1 aliphatic heterocycles. The summed E-state index contributed by atoms with van der Waals surface area (Å²) in [5, 5.41) is 24.5. The third-order valence-electron chi connectivity index (χ3n) is 8.47. The van der Waals surface area contributed by atoms with Crippen LogP contribution in [0.2, 0.25) is 0 Å². The monoisotopic (exact) mass is 509 g/mol. The minimum absolute atomic E-state index is 0.159. The van der Waals surface area contributed by atoms with Gasteiger partial charge in [-0.3, -0.25) is 14.8 Å². The molecule has 0 bridgehead atoms. The molecule has 4 rings (SSSR count). The maximum atomic E-state index is 14.3. The summed E-state index contributed by atoms with van der Waals surface area (Å²) in [4.78, 5) is 31.7. The molecule has 0 radical (unpaired) electrons. The fourth-order valence-electron chi connectivity index (χ4n) is 6.88. The van der Waals surface area contributed by atoms with Gasteiger partial charge in [0.1, 0.15) is 17.6 Å². The van der Waals surface area contributed by atoms with Gasteiger partial charge < -0.3 is 15.2 Å². The van der Waals surface area contributed by atoms with Crippen molar-refractivity contribution in [3.05, 3.63) is 71.3 Å². The quantitative estimate of drug-likeness (QED) is 0.241. The van der Waals surface area contributed by atoms with Crippen LogP contribution >= 0.6 is 0 Å². The number of hydrogen-bond acceptors (Lipinski definition) is 6. The second-order valence-corrected chi connectivity index (χ2v) is 11.3. The summed E-state index contributed by atoms with van der Waals surface area (Å²) in [5.74, 6) is -1.59. The number of nitrogens with one attached hydrogen (secondary N) is 1. The van der Waals surface area contributed by atoms with Crippen molar-refractivity contribution in [2.24, 2.45) is 23.2 Å². The van der Waals surface area contributed by atoms with Crippen LogP contribution in [0.4, 0.5) is 0 Å². The van der Waals surface area contributed by atoms with Crippen LogP contribution in [0, 0.1) is 23.2 Å². The van der Waals surface area contributed by atoms with E-state index in [1.54, 1.807) is 19.1 Å². The third-order valence-corrected chi connectivity index (χ3v) is 8.47. The average molecular weight is 510 g/mol. The van der Waals surface area contributed by atoms with Gasteiger partial charge in [0.25, 0.3) is 0 Å². The zero-order valence-electron chi connectivity index (χ0n) is 22.3. The molecule has 1 aromatic rings. The van der Waals surface area contributed by atoms with Crippen LogP contribution in [-0.2, 0) is 25.6 Å². The van der Waals surface area contributed by atoms with Gasteiger partial charge in [-0.05, 0) is 63.2 Å². The molecule has 1 aromatic carbocycles. The molecule has 1 amide bonds. The van der Waals surface area contributed by atoms with Gasteiger partial charge in [-0.2, -0.15) is 0 Å². The summed E-state index contributed by atoms with van der Waals surface area (Å²) in [7, 11) is 0. The van der Waals surface area contributed by atoms with Gasteiger partial charge in [0.15, 0.2) is 0 Å². The number of allylic oxidation sites excluding steroid dienone is 1. The van der Waals surface area contributed by atoms with Crippen molar-refractivity contribution in [3.8, 4) is 0 Å². The van der Waals surface area contributed by atoms with Crippen molar-refractivity contribution in [2.45, 2.75) is 77.7 Å². The lowest BCUT2D eigenvalue weighted by Crippen LogP contribution is -2.58. The summed E-state index contributed by atoms with van der Waals surface area (Å²) in [6.45, 7) is 8.99. The van der Waals surface area contributed by atoms with Crippen molar-refractivity contribution in [1.29, 1.82) is 0 Å². The van der Waals surface area contributed by atoms with Gasteiger partial charge in [-0.15, -0.1) is 0 Å². The summed E-state index contributed by atoms with van der Waals surface area (Å²) in [6.07, 6.45) is 7.24. The van der Waals surface area contributed by atoms with Crippen LogP contribution in [0.3, 0.4) is 0 Å². The highest BCUT2D eigenvalue weighted by Crippen LogP contribution is 2.57. The van der Waals surface area contributed by atoms with E-state index in [0.29, 0.717) is 19.3 Å². The van der Waals surface area contributed by atoms with Crippen LogP contribution in [0.25, 0.3) is 0 Å². The Morgan fingerprint density at radius 3 is 2.51 bits per heavy atom. The van der Waals surface area contributed by atoms with Gasteiger partial charge in [0, 0.05) is 24.8 Å². The Morgan fingerprint density at radius 1 is 1.16 bits per heavy atom. The van der Waals surface area contributed by atoms with E-state index in [1.165, 1.54) is 6.92 Å². The number of amides is 1. The fraction of sp³-hybridized carbons (Fsp3) is 0.533. The number of aliphatic hydroxyl groups is 1. The number of carbonyl (C=O) groups excluding carboxylic acids is 2. The molecule has 37 heavy (non-hydrogen) atoms. The second kappa shape index (κ2) is 10.6. The molecule has 7 heteroatoms. The lowest BCUT2D eigenvalue weighted by Gasteiger charge is -2.49. The Hall–Kier alpha value is -2.74. The van der Waals surface area contributed by atoms with Gasteiger partial charge in [0.05, 0.1) is 5.60 Å². The third kappa shape index (κ3) is 5.05. The van der Waals surface area contributed by atoms with Crippen LogP contribution in [0.5, 0.6) is 0 Å². The summed E-state index contributed by atoms with van der Waals surface area (Å²) in [6, 6.07) is 9.69. The largest absolute Gasteiger partial charge is 0.457 e. The van der Waals surface area contributed by atoms with Crippen molar-refractivity contribution >= 4 is 11.9 Å². The van der Waals surface area contributed by atoms with Crippen molar-refractivity contribution in [1.82, 2.24) is 5.32 Å². The fourth-order valence-corrected chi connectivity index (χ4v) is 6.88. The molecule has 1 heterocycles. The zero-order chi connectivity index (χ0) is 27.0. The standard InChI is InChI=1S/C30H39NO6/c1-18-10-9-13-23-27(37-35)20(3)19(2)26-24(16-22-11-7-6-8-12-22)31-28(33)30(23,26)25(36-21(4)32)14-15-29(5,34)17-18/h6-9,11-15,18,23-27,34-35H,10,16-17H2,1-5H3,(H,31,33)/b13-9-,15-14-/t18-,23-,24-,25+,26-,27+,29-,30+/m0/s1. The maximum Gasteiger partial charge on any atom is 0.303 e. The van der Waals surface area contributed by atoms with E-state index in [1.807, 2.05) is 56.3 Å². The minimum Gasteiger partial charge on any atom is -0.457 e. The van der Waals surface area contributed by atoms with Crippen molar-refractivity contribution < 1.29 is 29.6 Å². The number of esters is 1. The number of carbonyl (C=O) groups is 2. The summed E-state index contributed by atoms with van der Waals surface area (Å²) in [5.41, 5.74) is 0.407. The summed E-state index contributed by atoms with van der Waals surface area (Å²) >= 11 is 0. The number of hydrogen-bond donors (Lipinski definition) is 3. The van der Waals surface area contributed by atoms with Gasteiger partial charge in [-0.25, -0.2) is 4.89 Å². The number of ether oxygens (including phenoxy) is 1. The molecule has 1 spiro atoms. The highest BCUT2D eigenvalue weighted by molar-refractivity contribution is 5.89. The second-order valence-electron chi connectivity index (χ2n) is 11.3. The number of benzene rings is 1. The first-order valence-corrected chi connectivity index (χ1v) is 13.1. The van der Waals surface area contributed by atoms with Gasteiger partial charge in [0.2, 0.25) is 5.91 Å². The highest BCUT2D eigenvalue weighted by Gasteiger charge is 2.67. The lowest BCUT2D eigenvalue weighted by atomic mass is 9.54. The minimum atomic E-state index is -1.29. The van der Waals surface area contributed by atoms with Crippen LogP contribution in [0.15, 0.2) is 65.8 Å². The first kappa shape index (κ1) is 27.3. The van der Waals surface area contributed by atoms with Crippen molar-refractivity contribution in [3.63, 3.8) is 0 Å². The van der Waals surface area contributed by atoms with Crippen LogP contribution < -0.4 is 5.32 Å². The predicted octanol–water partition coefficient (Wildman–Crippen LogP) is 4.38. The van der Waals surface area contributed by atoms with E-state index < -0.39 is 35.1 Å². The van der Waals surface area contributed by atoms with E-state index in [-0.39, 0.29) is 23.8 Å². The molecule has 200 valence electrons. The normalized spacial score (nSPS) is 39.6. The van der Waals surface area contributed by atoms with E-state index in [9.17, 15) is 20.0 Å². The highest BCUT2D eigenvalue weighted by atomic mass is 17.1. The van der Waals surface area contributed by atoms with Crippen LogP contribution in [-0.4, -0.2) is 46.1 Å². The Balaban J connectivity index is 1.97. The molecule has 0 aromatic heterocycles. The van der Waals surface area contributed by atoms with E-state index in [0.717, 1.165) is 16.7 Å². The topological polar surface area (TPSA) is 105 Å². The maximum absolute atomic E-state index is 14.3. The molecule has 3 aliphatic rings. The van der Waals surface area contributed by atoms with Crippen LogP contribution in [0.1, 0.15) is 53.0 Å². The molecular weight excluding hydrogens is 470 g/mol. The Morgan fingerprint density at radius 2 is 1.86 bits per heavy atom. The first-order chi connectivity index (χ1) is 17.5. The Labute approximate surface area is 219 Å². The Kier molecular flexibility index (Phi) is 7.79. The molecule has 7 nitrogen and oxygen atoms in total. The molecule has 3 N–H and O–H groups in total. The predicted molar refractivity (Wildman–Crippen MR) is 140 cm³/mol. The first-order valence-electron chi connectivity index (χ1n) is 13.1. The molecule has 8 atom stereocenters. The molecular formula is C30H39NO6. The summed E-state index contributed by atoms with van der Waals surface area (Å²) < 4.78 is 5.91. The molecule has 2 aliphatic carbocycles. The average Bonchev–Trinajstić information content (AvgIpc) is 3.11. The van der Waals surface area contributed by atoms with Crippen molar-refractivity contribution in [2.75, 3.05) is 0 Å². The lowest BCUT2D eigenvalue weighted by molar-refractivity contribution is -0.288. The smallest absolute Gasteiger partial charge is 0.303 e. The Bertz CT molecular complexity index is 1110. The van der Waals surface area contributed by atoms with E-state index >= 15 is 0 Å². The van der Waals surface area contributed by atoms with E-state index in [2.05, 4.69) is 12.2 Å². The zero-order valence-corrected chi connectivity index (χ0v) is 22.3. The number of rotatable bonds is 4.